The third kappa shape index (κ3) is 4.56. The molecule has 3 heteroatoms. The SMILES string of the molecule is CC(N)CCCS(=O)C1CCCCC1. The average molecular weight is 217 g/mol. The van der Waals surface area contributed by atoms with Crippen molar-refractivity contribution in [3.8, 4) is 0 Å². The quantitative estimate of drug-likeness (QED) is 0.767. The van der Waals surface area contributed by atoms with Crippen LogP contribution < -0.4 is 5.73 Å². The minimum atomic E-state index is -0.578. The predicted octanol–water partition coefficient (Wildman–Crippen LogP) is 2.20. The first-order valence-corrected chi connectivity index (χ1v) is 7.21. The first kappa shape index (κ1) is 12.2. The summed E-state index contributed by atoms with van der Waals surface area (Å²) in [5, 5.41) is 0.497. The normalized spacial score (nSPS) is 23.3. The Bertz CT molecular complexity index is 176. The lowest BCUT2D eigenvalue weighted by Crippen LogP contribution is -2.22. The molecule has 0 bridgehead atoms. The molecule has 1 aliphatic rings. The van der Waals surface area contributed by atoms with Gasteiger partial charge in [-0.2, -0.15) is 0 Å². The molecule has 2 unspecified atom stereocenters. The predicted molar refractivity (Wildman–Crippen MR) is 62.8 cm³/mol. The number of rotatable bonds is 5. The molecular weight excluding hydrogens is 194 g/mol. The molecule has 2 atom stereocenters. The molecule has 2 N–H and O–H groups in total. The van der Waals surface area contributed by atoms with E-state index in [-0.39, 0.29) is 6.04 Å². The van der Waals surface area contributed by atoms with Gasteiger partial charge in [-0.15, -0.1) is 0 Å². The zero-order valence-corrected chi connectivity index (χ0v) is 10.0. The Morgan fingerprint density at radius 3 is 2.57 bits per heavy atom. The summed E-state index contributed by atoms with van der Waals surface area (Å²) < 4.78 is 11.8. The van der Waals surface area contributed by atoms with Crippen molar-refractivity contribution in [2.75, 3.05) is 5.75 Å². The summed E-state index contributed by atoms with van der Waals surface area (Å²) in [6.45, 7) is 2.02. The topological polar surface area (TPSA) is 43.1 Å². The maximum atomic E-state index is 11.8. The van der Waals surface area contributed by atoms with Crippen LogP contribution in [0.3, 0.4) is 0 Å². The van der Waals surface area contributed by atoms with Gasteiger partial charge >= 0.3 is 0 Å². The Balaban J connectivity index is 2.13. The van der Waals surface area contributed by atoms with Gasteiger partial charge in [-0.05, 0) is 32.6 Å². The monoisotopic (exact) mass is 217 g/mol. The highest BCUT2D eigenvalue weighted by Crippen LogP contribution is 2.22. The van der Waals surface area contributed by atoms with Crippen molar-refractivity contribution < 1.29 is 4.21 Å². The molecule has 2 nitrogen and oxygen atoms in total. The molecule has 1 rings (SSSR count). The Labute approximate surface area is 90.1 Å². The molecule has 0 aliphatic heterocycles. The van der Waals surface area contributed by atoms with Crippen LogP contribution >= 0.6 is 0 Å². The van der Waals surface area contributed by atoms with E-state index in [1.54, 1.807) is 0 Å². The molecule has 0 amide bonds. The summed E-state index contributed by atoms with van der Waals surface area (Å²) in [6, 6.07) is 0.262. The lowest BCUT2D eigenvalue weighted by molar-refractivity contribution is 0.503. The van der Waals surface area contributed by atoms with Gasteiger partial charge in [-0.25, -0.2) is 0 Å². The van der Waals surface area contributed by atoms with Gasteiger partial charge < -0.3 is 5.73 Å². The first-order valence-electron chi connectivity index (χ1n) is 5.83. The second-order valence-corrected chi connectivity index (χ2v) is 6.30. The van der Waals surface area contributed by atoms with E-state index < -0.39 is 10.8 Å². The van der Waals surface area contributed by atoms with Crippen LogP contribution in [0.25, 0.3) is 0 Å². The molecule has 0 aromatic rings. The van der Waals surface area contributed by atoms with Crippen LogP contribution in [0, 0.1) is 0 Å². The van der Waals surface area contributed by atoms with Gasteiger partial charge in [-0.1, -0.05) is 19.3 Å². The van der Waals surface area contributed by atoms with E-state index >= 15 is 0 Å². The second kappa shape index (κ2) is 6.57. The zero-order valence-electron chi connectivity index (χ0n) is 9.21. The van der Waals surface area contributed by atoms with Gasteiger partial charge in [0.05, 0.1) is 0 Å². The first-order chi connectivity index (χ1) is 6.70. The minimum absolute atomic E-state index is 0.262. The van der Waals surface area contributed by atoms with Gasteiger partial charge in [0.1, 0.15) is 0 Å². The molecular formula is C11H23NOS. The lowest BCUT2D eigenvalue weighted by Gasteiger charge is -2.20. The van der Waals surface area contributed by atoms with Gasteiger partial charge in [0.2, 0.25) is 0 Å². The number of nitrogens with two attached hydrogens (primary N) is 1. The van der Waals surface area contributed by atoms with E-state index in [0.717, 1.165) is 18.6 Å². The van der Waals surface area contributed by atoms with E-state index in [0.29, 0.717) is 5.25 Å². The van der Waals surface area contributed by atoms with Crippen LogP contribution in [0.15, 0.2) is 0 Å². The molecule has 1 saturated carbocycles. The van der Waals surface area contributed by atoms with Crippen molar-refractivity contribution in [3.05, 3.63) is 0 Å². The van der Waals surface area contributed by atoms with Crippen LogP contribution in [0.1, 0.15) is 51.9 Å². The summed E-state index contributed by atoms with van der Waals surface area (Å²) in [5.74, 6) is 0.867. The largest absolute Gasteiger partial charge is 0.328 e. The van der Waals surface area contributed by atoms with Crippen molar-refractivity contribution in [2.24, 2.45) is 5.73 Å². The average Bonchev–Trinajstić information content (AvgIpc) is 2.18. The molecule has 1 fully saturated rings. The Kier molecular flexibility index (Phi) is 5.71. The summed E-state index contributed by atoms with van der Waals surface area (Å²) in [4.78, 5) is 0. The van der Waals surface area contributed by atoms with Crippen LogP contribution in [0.5, 0.6) is 0 Å². The van der Waals surface area contributed by atoms with E-state index in [1.807, 2.05) is 6.92 Å². The van der Waals surface area contributed by atoms with E-state index in [1.165, 1.54) is 32.1 Å². The van der Waals surface area contributed by atoms with Crippen LogP contribution in [-0.4, -0.2) is 21.3 Å². The van der Waals surface area contributed by atoms with Crippen LogP contribution in [0.4, 0.5) is 0 Å². The highest BCUT2D eigenvalue weighted by molar-refractivity contribution is 7.85. The van der Waals surface area contributed by atoms with Gasteiger partial charge in [0.25, 0.3) is 0 Å². The molecule has 1 aliphatic carbocycles. The highest BCUT2D eigenvalue weighted by Gasteiger charge is 2.19. The Morgan fingerprint density at radius 2 is 2.00 bits per heavy atom. The van der Waals surface area contributed by atoms with Crippen LogP contribution in [0.2, 0.25) is 0 Å². The van der Waals surface area contributed by atoms with Crippen molar-refractivity contribution >= 4 is 10.8 Å². The molecule has 0 radical (unpaired) electrons. The Hall–Kier alpha value is 0.110. The van der Waals surface area contributed by atoms with E-state index in [9.17, 15) is 4.21 Å². The third-order valence-electron chi connectivity index (χ3n) is 2.93. The number of hydrogen-bond acceptors (Lipinski definition) is 2. The smallest absolute Gasteiger partial charge is 0.0348 e. The molecule has 0 aromatic carbocycles. The number of hydrogen-bond donors (Lipinski definition) is 1. The summed E-state index contributed by atoms with van der Waals surface area (Å²) >= 11 is 0. The third-order valence-corrected chi connectivity index (χ3v) is 4.83. The van der Waals surface area contributed by atoms with Gasteiger partial charge in [0.15, 0.2) is 0 Å². The van der Waals surface area contributed by atoms with E-state index in [4.69, 9.17) is 5.73 Å². The van der Waals surface area contributed by atoms with Crippen LogP contribution in [-0.2, 0) is 10.8 Å². The zero-order chi connectivity index (χ0) is 10.4. The summed E-state index contributed by atoms with van der Waals surface area (Å²) in [5.41, 5.74) is 5.66. The van der Waals surface area contributed by atoms with Crippen molar-refractivity contribution in [2.45, 2.75) is 63.2 Å². The van der Waals surface area contributed by atoms with Gasteiger partial charge in [-0.3, -0.25) is 4.21 Å². The molecule has 0 spiro atoms. The molecule has 0 saturated heterocycles. The van der Waals surface area contributed by atoms with E-state index in [2.05, 4.69) is 0 Å². The molecule has 0 aromatic heterocycles. The van der Waals surface area contributed by atoms with Crippen molar-refractivity contribution in [3.63, 3.8) is 0 Å². The van der Waals surface area contributed by atoms with Crippen molar-refractivity contribution in [1.29, 1.82) is 0 Å². The molecule has 84 valence electrons. The summed E-state index contributed by atoms with van der Waals surface area (Å²) in [7, 11) is -0.578. The lowest BCUT2D eigenvalue weighted by atomic mass is 10.0. The minimum Gasteiger partial charge on any atom is -0.328 e. The van der Waals surface area contributed by atoms with Gasteiger partial charge in [0, 0.05) is 27.8 Å². The second-order valence-electron chi connectivity index (χ2n) is 4.46. The fourth-order valence-electron chi connectivity index (χ4n) is 2.04. The fourth-order valence-corrected chi connectivity index (χ4v) is 3.69. The fraction of sp³-hybridized carbons (Fsp3) is 1.00. The van der Waals surface area contributed by atoms with Crippen molar-refractivity contribution in [1.82, 2.24) is 0 Å². The highest BCUT2D eigenvalue weighted by atomic mass is 32.2. The standard InChI is InChI=1S/C11H23NOS/c1-10(12)6-5-9-14(13)11-7-3-2-4-8-11/h10-11H,2-9,12H2,1H3. The summed E-state index contributed by atoms with van der Waals surface area (Å²) in [6.07, 6.45) is 8.32. The maximum absolute atomic E-state index is 11.8. The maximum Gasteiger partial charge on any atom is 0.0348 e. The molecule has 14 heavy (non-hydrogen) atoms. The Morgan fingerprint density at radius 1 is 1.36 bits per heavy atom. The molecule has 0 heterocycles.